The van der Waals surface area contributed by atoms with E-state index < -0.39 is 4.92 Å². The molecule has 5 aromatic rings. The Hall–Kier alpha value is -5.64. The molecule has 0 amide bonds. The van der Waals surface area contributed by atoms with Gasteiger partial charge < -0.3 is 9.47 Å². The Kier molecular flexibility index (Phi) is 7.91. The van der Waals surface area contributed by atoms with E-state index in [1.807, 2.05) is 49.4 Å². The summed E-state index contributed by atoms with van der Waals surface area (Å²) in [6.07, 6.45) is 4.83. The van der Waals surface area contributed by atoms with Gasteiger partial charge in [-0.05, 0) is 43.2 Å². The molecule has 0 unspecified atom stereocenters. The second-order valence-corrected chi connectivity index (χ2v) is 8.83. The molecular weight excluding hydrogens is 522 g/mol. The number of rotatable bonds is 10. The minimum absolute atomic E-state index is 0.145. The van der Waals surface area contributed by atoms with Crippen molar-refractivity contribution in [1.82, 2.24) is 14.6 Å². The Balaban J connectivity index is 1.59. The zero-order chi connectivity index (χ0) is 28.8. The molecule has 0 aliphatic heterocycles. The van der Waals surface area contributed by atoms with E-state index in [0.717, 1.165) is 17.3 Å². The number of fused-ring (bicyclic) bond motifs is 1. The van der Waals surface area contributed by atoms with E-state index in [2.05, 4.69) is 16.7 Å². The van der Waals surface area contributed by atoms with Gasteiger partial charge in [0.25, 0.3) is 11.2 Å². The van der Waals surface area contributed by atoms with E-state index in [-0.39, 0.29) is 17.1 Å². The molecule has 3 aromatic carbocycles. The second-order valence-electron chi connectivity index (χ2n) is 8.83. The van der Waals surface area contributed by atoms with Crippen molar-refractivity contribution in [2.24, 2.45) is 5.10 Å². The Labute approximate surface area is 235 Å². The number of allylic oxidation sites excluding steroid dienone is 1. The summed E-state index contributed by atoms with van der Waals surface area (Å²) in [6, 6.07) is 22.8. The molecule has 2 aromatic heterocycles. The van der Waals surface area contributed by atoms with Crippen LogP contribution in [0.3, 0.4) is 0 Å². The van der Waals surface area contributed by atoms with Crippen LogP contribution >= 0.6 is 0 Å². The molecule has 0 saturated heterocycles. The molecule has 0 radical (unpaired) electrons. The van der Waals surface area contributed by atoms with Crippen LogP contribution in [-0.4, -0.2) is 32.4 Å². The summed E-state index contributed by atoms with van der Waals surface area (Å²) in [5.41, 5.74) is 2.25. The maximum absolute atomic E-state index is 13.5. The highest BCUT2D eigenvalue weighted by molar-refractivity contribution is 5.83. The highest BCUT2D eigenvalue weighted by atomic mass is 16.6. The van der Waals surface area contributed by atoms with Gasteiger partial charge in [-0.15, -0.1) is 6.58 Å². The largest absolute Gasteiger partial charge is 0.490 e. The van der Waals surface area contributed by atoms with Gasteiger partial charge in [0.2, 0.25) is 5.88 Å². The van der Waals surface area contributed by atoms with E-state index in [4.69, 9.17) is 14.5 Å². The summed E-state index contributed by atoms with van der Waals surface area (Å²) in [5.74, 6) is 1.40. The highest BCUT2D eigenvalue weighted by Crippen LogP contribution is 2.37. The van der Waals surface area contributed by atoms with Crippen LogP contribution in [0.5, 0.6) is 17.4 Å². The lowest BCUT2D eigenvalue weighted by atomic mass is 10.1. The first kappa shape index (κ1) is 26.9. The smallest absolute Gasteiger partial charge is 0.287 e. The van der Waals surface area contributed by atoms with Gasteiger partial charge in [-0.1, -0.05) is 48.5 Å². The third-order valence-electron chi connectivity index (χ3n) is 6.06. The first-order valence-electron chi connectivity index (χ1n) is 12.8. The second kappa shape index (κ2) is 12.0. The van der Waals surface area contributed by atoms with Crippen LogP contribution in [0.25, 0.3) is 22.3 Å². The Bertz CT molecular complexity index is 1820. The molecule has 204 valence electrons. The Morgan fingerprint density at radius 1 is 1.07 bits per heavy atom. The predicted molar refractivity (Wildman–Crippen MR) is 157 cm³/mol. The highest BCUT2D eigenvalue weighted by Gasteiger charge is 2.17. The molecule has 0 bridgehead atoms. The fraction of sp³-hybridized carbons (Fsp3) is 0.0968. The maximum atomic E-state index is 13.5. The minimum atomic E-state index is -0.529. The van der Waals surface area contributed by atoms with E-state index >= 15 is 0 Å². The molecule has 0 aliphatic carbocycles. The van der Waals surface area contributed by atoms with E-state index in [1.54, 1.807) is 36.6 Å². The van der Waals surface area contributed by atoms with Crippen molar-refractivity contribution in [3.63, 3.8) is 0 Å². The number of hydrogen-bond donors (Lipinski definition) is 0. The minimum Gasteiger partial charge on any atom is -0.490 e. The molecular formula is C31H25N5O5. The predicted octanol–water partition coefficient (Wildman–Crippen LogP) is 6.17. The summed E-state index contributed by atoms with van der Waals surface area (Å²) in [4.78, 5) is 32.8. The summed E-state index contributed by atoms with van der Waals surface area (Å²) < 4.78 is 13.2. The molecule has 10 nitrogen and oxygen atoms in total. The maximum Gasteiger partial charge on any atom is 0.287 e. The number of nitro groups is 1. The van der Waals surface area contributed by atoms with Crippen LogP contribution in [0.2, 0.25) is 0 Å². The molecule has 0 aliphatic rings. The third kappa shape index (κ3) is 5.86. The molecule has 0 spiro atoms. The number of nitrogens with zero attached hydrogens (tertiary/aromatic N) is 5. The lowest BCUT2D eigenvalue weighted by Crippen LogP contribution is -2.20. The van der Waals surface area contributed by atoms with Crippen LogP contribution in [0.4, 0.5) is 5.69 Å². The number of ether oxygens (including phenoxy) is 2. The normalized spacial score (nSPS) is 11.0. The zero-order valence-electron chi connectivity index (χ0n) is 22.1. The average Bonchev–Trinajstić information content (AvgIpc) is 2.99. The summed E-state index contributed by atoms with van der Waals surface area (Å²) in [5, 5.41) is 16.0. The standard InChI is InChI=1S/C31H25N5O5/c1-3-10-23-17-21(18-27(40-4-2)29(23)41-28-16-15-24(20-32-28)36(38)39)19-33-35-30(22-11-6-5-7-12-22)34-26-14-9-8-13-25(26)31(35)37/h3,5-9,11-20H,1,4,10H2,2H3. The van der Waals surface area contributed by atoms with Crippen LogP contribution in [0.15, 0.2) is 108 Å². The lowest BCUT2D eigenvalue weighted by molar-refractivity contribution is -0.385. The van der Waals surface area contributed by atoms with Crippen molar-refractivity contribution in [3.05, 3.63) is 129 Å². The Morgan fingerprint density at radius 2 is 1.85 bits per heavy atom. The van der Waals surface area contributed by atoms with Gasteiger partial charge in [0.05, 0.1) is 28.6 Å². The number of para-hydroxylation sites is 1. The fourth-order valence-corrected chi connectivity index (χ4v) is 4.22. The molecule has 0 saturated carbocycles. The monoisotopic (exact) mass is 547 g/mol. The summed E-state index contributed by atoms with van der Waals surface area (Å²) in [7, 11) is 0. The number of benzene rings is 3. The SMILES string of the molecule is C=CCc1cc(C=Nn2c(-c3ccccc3)nc3ccccc3c2=O)cc(OCC)c1Oc1ccc([N+](=O)[O-])cn1. The fourth-order valence-electron chi connectivity index (χ4n) is 4.22. The van der Waals surface area contributed by atoms with Gasteiger partial charge in [-0.3, -0.25) is 14.9 Å². The molecule has 41 heavy (non-hydrogen) atoms. The number of aromatic nitrogens is 3. The number of hydrogen-bond acceptors (Lipinski definition) is 8. The number of pyridine rings is 1. The van der Waals surface area contributed by atoms with Crippen molar-refractivity contribution < 1.29 is 14.4 Å². The van der Waals surface area contributed by atoms with E-state index in [9.17, 15) is 14.9 Å². The van der Waals surface area contributed by atoms with Crippen molar-refractivity contribution in [1.29, 1.82) is 0 Å². The van der Waals surface area contributed by atoms with Crippen LogP contribution in [-0.2, 0) is 6.42 Å². The van der Waals surface area contributed by atoms with Gasteiger partial charge in [0.1, 0.15) is 6.20 Å². The summed E-state index contributed by atoms with van der Waals surface area (Å²) >= 11 is 0. The topological polar surface area (TPSA) is 122 Å². The van der Waals surface area contributed by atoms with Crippen LogP contribution < -0.4 is 15.0 Å². The molecule has 0 atom stereocenters. The molecule has 2 heterocycles. The van der Waals surface area contributed by atoms with Gasteiger partial charge in [0.15, 0.2) is 17.3 Å². The van der Waals surface area contributed by atoms with E-state index in [1.165, 1.54) is 16.8 Å². The van der Waals surface area contributed by atoms with Crippen molar-refractivity contribution in [2.45, 2.75) is 13.3 Å². The van der Waals surface area contributed by atoms with Crippen molar-refractivity contribution in [2.75, 3.05) is 6.61 Å². The van der Waals surface area contributed by atoms with Crippen LogP contribution in [0, 0.1) is 10.1 Å². The quantitative estimate of drug-likeness (QED) is 0.0887. The average molecular weight is 548 g/mol. The third-order valence-corrected chi connectivity index (χ3v) is 6.06. The van der Waals surface area contributed by atoms with Crippen LogP contribution in [0.1, 0.15) is 18.1 Å². The van der Waals surface area contributed by atoms with Gasteiger partial charge in [-0.25, -0.2) is 9.97 Å². The molecule has 10 heteroatoms. The van der Waals surface area contributed by atoms with Crippen molar-refractivity contribution in [3.8, 4) is 28.8 Å². The van der Waals surface area contributed by atoms with Crippen molar-refractivity contribution >= 4 is 22.8 Å². The Morgan fingerprint density at radius 3 is 2.56 bits per heavy atom. The first-order valence-corrected chi connectivity index (χ1v) is 12.8. The summed E-state index contributed by atoms with van der Waals surface area (Å²) in [6.45, 7) is 6.04. The first-order chi connectivity index (χ1) is 20.0. The molecule has 5 rings (SSSR count). The van der Waals surface area contributed by atoms with Gasteiger partial charge in [-0.2, -0.15) is 9.78 Å². The lowest BCUT2D eigenvalue weighted by Gasteiger charge is -2.16. The van der Waals surface area contributed by atoms with E-state index in [0.29, 0.717) is 46.8 Å². The molecule has 0 fully saturated rings. The van der Waals surface area contributed by atoms with Gasteiger partial charge in [0, 0.05) is 23.3 Å². The molecule has 0 N–H and O–H groups in total. The zero-order valence-corrected chi connectivity index (χ0v) is 22.1. The van der Waals surface area contributed by atoms with Gasteiger partial charge >= 0.3 is 0 Å².